The second kappa shape index (κ2) is 50.2. The number of rotatable bonds is 5. The summed E-state index contributed by atoms with van der Waals surface area (Å²) in [6.45, 7) is 52.5. The summed E-state index contributed by atoms with van der Waals surface area (Å²) in [4.78, 5) is 14.4. The maximum absolute atomic E-state index is 4.32. The van der Waals surface area contributed by atoms with Gasteiger partial charge in [0, 0.05) is 54.5 Å². The number of aliphatic imine (C=N–C) groups is 1. The zero-order chi connectivity index (χ0) is 58.1. The molecule has 1 aliphatic rings. The fourth-order valence-corrected chi connectivity index (χ4v) is 6.05. The van der Waals surface area contributed by atoms with Gasteiger partial charge in [0.25, 0.3) is 0 Å². The molecule has 9 rings (SSSR count). The highest BCUT2D eigenvalue weighted by molar-refractivity contribution is 5.80. The van der Waals surface area contributed by atoms with Crippen molar-refractivity contribution >= 4 is 33.7 Å². The third kappa shape index (κ3) is 35.0. The molecule has 3 N–H and O–H groups in total. The molecule has 1 aliphatic heterocycles. The Morgan fingerprint density at radius 3 is 1.28 bits per heavy atom. The average Bonchev–Trinajstić information content (AvgIpc) is 4.33. The van der Waals surface area contributed by atoms with Crippen LogP contribution in [0.3, 0.4) is 0 Å². The largest absolute Gasteiger partial charge is 0.368 e. The van der Waals surface area contributed by atoms with E-state index < -0.39 is 0 Å². The summed E-state index contributed by atoms with van der Waals surface area (Å²) in [5, 5.41) is 9.41. The van der Waals surface area contributed by atoms with Crippen LogP contribution in [0.4, 0.5) is 5.69 Å². The lowest BCUT2D eigenvalue weighted by Crippen LogP contribution is -1.87. The van der Waals surface area contributed by atoms with Gasteiger partial charge in [-0.15, -0.1) is 0 Å². The van der Waals surface area contributed by atoms with Crippen LogP contribution in [0, 0.1) is 5.92 Å². The van der Waals surface area contributed by atoms with Crippen molar-refractivity contribution in [2.75, 3.05) is 0 Å². The Morgan fingerprint density at radius 1 is 0.400 bits per heavy atom. The SMILES string of the molecule is CC.CC.CC.CC.CC.CC.CC(C)C.CC(C)c1ccc2c(c1)N=CC2.CC(C)c1ccc2cc[nH]c2c1.CC(C)c1ccc2cn[nH]c2c1.CC(C)c1ccccc1.CC(C)c1cccnc1.c1cc[nH]c1. The smallest absolute Gasteiger partial charge is 0.0664 e. The summed E-state index contributed by atoms with van der Waals surface area (Å²) in [5.74, 6) is 3.88. The van der Waals surface area contributed by atoms with Crippen LogP contribution < -0.4 is 0 Å². The Labute approximate surface area is 462 Å². The van der Waals surface area contributed by atoms with E-state index in [0.717, 1.165) is 17.9 Å². The lowest BCUT2D eigenvalue weighted by atomic mass is 10.0. The van der Waals surface area contributed by atoms with E-state index in [9.17, 15) is 0 Å². The molecule has 6 nitrogen and oxygen atoms in total. The van der Waals surface area contributed by atoms with Crippen LogP contribution in [0.5, 0.6) is 0 Å². The standard InChI is InChI=1S/2C11H13N.C10H12N2.C9H12.C8H11N.C4H5N.C4H10.6C2H6/c2*1-8(2)10-4-3-9-5-6-12-11(9)7-10;1-7(2)8-3-4-9-6-11-12-10(9)5-8;1-8(2)9-6-4-3-5-7-9;1-7(2)8-4-3-5-9-6-8;1-2-4-5-3-1;1-4(2)3;6*1-2/h3-4,6-8H,5H2,1-2H3;3-8,12H,1-2H3;3-7H,1-2H3,(H,11,12);3-8H,1-2H3;3-7H,1-2H3;1-5H;4H,1-3H3;6*1-2H3. The molecule has 0 saturated heterocycles. The number of pyridine rings is 1. The molecule has 0 fully saturated rings. The zero-order valence-corrected chi connectivity index (χ0v) is 52.5. The molecule has 6 heteroatoms. The van der Waals surface area contributed by atoms with E-state index >= 15 is 0 Å². The quantitative estimate of drug-likeness (QED) is 0.160. The number of benzene rings is 4. The zero-order valence-electron chi connectivity index (χ0n) is 52.5. The second-order valence-electron chi connectivity index (χ2n) is 18.0. The summed E-state index contributed by atoms with van der Waals surface area (Å²) in [7, 11) is 0. The van der Waals surface area contributed by atoms with Gasteiger partial charge in [0.05, 0.1) is 17.4 Å². The van der Waals surface area contributed by atoms with Gasteiger partial charge < -0.3 is 9.97 Å². The van der Waals surface area contributed by atoms with E-state index in [1.165, 1.54) is 55.4 Å². The van der Waals surface area contributed by atoms with E-state index in [4.69, 9.17) is 0 Å². The minimum atomic E-state index is 0.581. The number of nitrogens with one attached hydrogen (secondary N) is 3. The maximum Gasteiger partial charge on any atom is 0.0664 e. The predicted octanol–water partition coefficient (Wildman–Crippen LogP) is 22.9. The molecule has 0 saturated carbocycles. The molecule has 0 spiro atoms. The normalized spacial score (nSPS) is 9.75. The summed E-state index contributed by atoms with van der Waals surface area (Å²) in [6, 6.07) is 40.2. The number of fused-ring (bicyclic) bond motifs is 3. The number of hydrogen-bond donors (Lipinski definition) is 3. The second-order valence-corrected chi connectivity index (χ2v) is 18.0. The van der Waals surface area contributed by atoms with Crippen molar-refractivity contribution in [2.24, 2.45) is 10.9 Å². The molecule has 0 radical (unpaired) electrons. The van der Waals surface area contributed by atoms with Gasteiger partial charge in [-0.05, 0) is 117 Å². The molecule has 4 aromatic carbocycles. The number of nitrogens with zero attached hydrogens (tertiary/aromatic N) is 3. The van der Waals surface area contributed by atoms with Gasteiger partial charge in [-0.3, -0.25) is 15.1 Å². The van der Waals surface area contributed by atoms with E-state index in [0.29, 0.717) is 29.6 Å². The molecule has 0 aliphatic carbocycles. The molecule has 0 atom stereocenters. The van der Waals surface area contributed by atoms with Crippen molar-refractivity contribution in [2.45, 2.75) is 209 Å². The number of aromatic nitrogens is 5. The third-order valence-electron chi connectivity index (χ3n) is 10.0. The lowest BCUT2D eigenvalue weighted by molar-refractivity contribution is 0.737. The van der Waals surface area contributed by atoms with Gasteiger partial charge in [0.2, 0.25) is 0 Å². The highest BCUT2D eigenvalue weighted by Gasteiger charge is 2.08. The first kappa shape index (κ1) is 75.5. The summed E-state index contributed by atoms with van der Waals surface area (Å²) in [6.07, 6.45) is 14.3. The Morgan fingerprint density at radius 2 is 0.853 bits per heavy atom. The van der Waals surface area contributed by atoms with Gasteiger partial charge >= 0.3 is 0 Å². The highest BCUT2D eigenvalue weighted by atomic mass is 15.1. The van der Waals surface area contributed by atoms with Crippen molar-refractivity contribution < 1.29 is 0 Å². The van der Waals surface area contributed by atoms with Crippen LogP contribution in [-0.4, -0.2) is 31.4 Å². The fraction of sp³-hybridized carbons (Fsp3) is 0.464. The highest BCUT2D eigenvalue weighted by Crippen LogP contribution is 2.28. The van der Waals surface area contributed by atoms with E-state index in [-0.39, 0.29) is 0 Å². The minimum absolute atomic E-state index is 0.581. The molecular weight excluding hydrogens is 913 g/mol. The first-order valence-corrected chi connectivity index (χ1v) is 28.8. The average molecular weight is 1030 g/mol. The topological polar surface area (TPSA) is 85.5 Å². The molecule has 4 aromatic heterocycles. The van der Waals surface area contributed by atoms with Crippen LogP contribution >= 0.6 is 0 Å². The van der Waals surface area contributed by atoms with Crippen LogP contribution in [0.25, 0.3) is 21.8 Å². The Balaban J connectivity index is -0.000000386. The molecule has 0 amide bonds. The van der Waals surface area contributed by atoms with Crippen LogP contribution in [-0.2, 0) is 6.42 Å². The molecular formula is C69H112N6. The molecule has 0 bridgehead atoms. The predicted molar refractivity (Wildman–Crippen MR) is 343 cm³/mol. The molecule has 75 heavy (non-hydrogen) atoms. The van der Waals surface area contributed by atoms with Crippen molar-refractivity contribution in [3.63, 3.8) is 0 Å². The summed E-state index contributed by atoms with van der Waals surface area (Å²) in [5.41, 5.74) is 11.7. The number of hydrogen-bond acceptors (Lipinski definition) is 3. The number of aromatic amines is 3. The van der Waals surface area contributed by atoms with Gasteiger partial charge in [-0.2, -0.15) is 5.10 Å². The molecule has 418 valence electrons. The molecule has 5 heterocycles. The van der Waals surface area contributed by atoms with Crippen LogP contribution in [0.15, 0.2) is 157 Å². The third-order valence-corrected chi connectivity index (χ3v) is 10.0. The van der Waals surface area contributed by atoms with Crippen molar-refractivity contribution in [3.05, 3.63) is 186 Å². The Kier molecular flexibility index (Phi) is 50.5. The van der Waals surface area contributed by atoms with Crippen molar-refractivity contribution in [1.82, 2.24) is 25.1 Å². The van der Waals surface area contributed by atoms with Crippen molar-refractivity contribution in [3.8, 4) is 0 Å². The lowest BCUT2D eigenvalue weighted by Gasteiger charge is -2.06. The van der Waals surface area contributed by atoms with E-state index in [2.05, 4.69) is 211 Å². The first-order chi connectivity index (χ1) is 36.2. The van der Waals surface area contributed by atoms with E-state index in [1.807, 2.05) is 145 Å². The van der Waals surface area contributed by atoms with Crippen molar-refractivity contribution in [1.29, 1.82) is 0 Å². The minimum Gasteiger partial charge on any atom is -0.368 e. The monoisotopic (exact) mass is 1020 g/mol. The van der Waals surface area contributed by atoms with E-state index in [1.54, 1.807) is 6.20 Å². The molecule has 0 unspecified atom stereocenters. The van der Waals surface area contributed by atoms with Crippen LogP contribution in [0.1, 0.15) is 236 Å². The molecule has 8 aromatic rings. The Bertz CT molecular complexity index is 2260. The maximum atomic E-state index is 4.32. The van der Waals surface area contributed by atoms with Gasteiger partial charge in [-0.25, -0.2) is 0 Å². The fourth-order valence-electron chi connectivity index (χ4n) is 6.05. The first-order valence-electron chi connectivity index (χ1n) is 28.8. The van der Waals surface area contributed by atoms with Gasteiger partial charge in [-0.1, -0.05) is 246 Å². The Hall–Kier alpha value is -6.01. The summed E-state index contributed by atoms with van der Waals surface area (Å²) < 4.78 is 0. The van der Waals surface area contributed by atoms with Gasteiger partial charge in [0.1, 0.15) is 0 Å². The van der Waals surface area contributed by atoms with Crippen LogP contribution in [0.2, 0.25) is 0 Å². The number of H-pyrrole nitrogens is 3. The van der Waals surface area contributed by atoms with Gasteiger partial charge in [0.15, 0.2) is 0 Å². The summed E-state index contributed by atoms with van der Waals surface area (Å²) >= 11 is 0.